The van der Waals surface area contributed by atoms with Gasteiger partial charge in [-0.2, -0.15) is 0 Å². The molecule has 0 fully saturated rings. The van der Waals surface area contributed by atoms with Crippen molar-refractivity contribution < 1.29 is 27.1 Å². The lowest BCUT2D eigenvalue weighted by atomic mass is 10.2. The van der Waals surface area contributed by atoms with Crippen LogP contribution in [0.25, 0.3) is 6.08 Å². The molecule has 24 heavy (non-hydrogen) atoms. The molecule has 0 bridgehead atoms. The van der Waals surface area contributed by atoms with Gasteiger partial charge in [0.25, 0.3) is 0 Å². The summed E-state index contributed by atoms with van der Waals surface area (Å²) in [4.78, 5) is 11.8. The summed E-state index contributed by atoms with van der Waals surface area (Å²) in [6, 6.07) is 9.22. The van der Waals surface area contributed by atoms with Crippen molar-refractivity contribution in [2.24, 2.45) is 0 Å². The van der Waals surface area contributed by atoms with Gasteiger partial charge >= 0.3 is 6.36 Å². The molecule has 0 atom stereocenters. The molecule has 0 aliphatic carbocycles. The summed E-state index contributed by atoms with van der Waals surface area (Å²) in [5.74, 6) is -1.16. The van der Waals surface area contributed by atoms with E-state index in [1.165, 1.54) is 42.5 Å². The van der Waals surface area contributed by atoms with E-state index >= 15 is 0 Å². The Labute approximate surface area is 135 Å². The molecule has 7 heteroatoms. The number of nitrogens with one attached hydrogen (secondary N) is 1. The molecule has 0 aromatic heterocycles. The van der Waals surface area contributed by atoms with E-state index in [1.807, 2.05) is 0 Å². The zero-order valence-corrected chi connectivity index (χ0v) is 12.5. The lowest BCUT2D eigenvalue weighted by Crippen LogP contribution is -2.16. The van der Waals surface area contributed by atoms with E-state index in [9.17, 15) is 22.4 Å². The van der Waals surface area contributed by atoms with Crippen molar-refractivity contribution in [2.75, 3.05) is 5.32 Å². The summed E-state index contributed by atoms with van der Waals surface area (Å²) in [7, 11) is 0. The molecule has 0 saturated carbocycles. The molecule has 0 heterocycles. The number of carbonyl (C=O) groups excluding carboxylic acids is 1. The number of halogens is 4. The molecule has 0 unspecified atom stereocenters. The third kappa shape index (κ3) is 5.42. The summed E-state index contributed by atoms with van der Waals surface area (Å²) in [6.07, 6.45) is -2.09. The van der Waals surface area contributed by atoms with Crippen LogP contribution in [-0.2, 0) is 4.79 Å². The normalized spacial score (nSPS) is 11.5. The van der Waals surface area contributed by atoms with Gasteiger partial charge in [0.05, 0.1) is 0 Å². The smallest absolute Gasteiger partial charge is 0.406 e. The molecule has 2 aromatic rings. The van der Waals surface area contributed by atoms with Gasteiger partial charge in [-0.25, -0.2) is 4.39 Å². The molecule has 3 nitrogen and oxygen atoms in total. The second-order valence-corrected chi connectivity index (χ2v) is 4.90. The molecule has 0 aliphatic rings. The van der Waals surface area contributed by atoms with Gasteiger partial charge in [-0.3, -0.25) is 4.79 Å². The number of carbonyl (C=O) groups is 1. The second kappa shape index (κ2) is 7.16. The Morgan fingerprint density at radius 2 is 1.79 bits per heavy atom. The fourth-order valence-electron chi connectivity index (χ4n) is 1.86. The van der Waals surface area contributed by atoms with Crippen molar-refractivity contribution in [3.05, 3.63) is 65.5 Å². The van der Waals surface area contributed by atoms with Crippen LogP contribution < -0.4 is 10.1 Å². The van der Waals surface area contributed by atoms with Crippen LogP contribution in [0, 0.1) is 12.7 Å². The summed E-state index contributed by atoms with van der Waals surface area (Å²) in [5.41, 5.74) is 1.37. The molecule has 0 aliphatic heterocycles. The first kappa shape index (κ1) is 17.5. The van der Waals surface area contributed by atoms with Crippen molar-refractivity contribution in [3.63, 3.8) is 0 Å². The van der Waals surface area contributed by atoms with Gasteiger partial charge in [-0.1, -0.05) is 12.1 Å². The number of anilines is 1. The highest BCUT2D eigenvalue weighted by molar-refractivity contribution is 6.01. The molecule has 0 saturated heterocycles. The predicted molar refractivity (Wildman–Crippen MR) is 81.9 cm³/mol. The first-order valence-electron chi connectivity index (χ1n) is 6.84. The third-order valence-electron chi connectivity index (χ3n) is 2.97. The minimum absolute atomic E-state index is 0.342. The minimum atomic E-state index is -4.75. The summed E-state index contributed by atoms with van der Waals surface area (Å²) in [5, 5.41) is 2.56. The average molecular weight is 339 g/mol. The molecule has 0 radical (unpaired) electrons. The van der Waals surface area contributed by atoms with E-state index in [-0.39, 0.29) is 11.6 Å². The lowest BCUT2D eigenvalue weighted by Gasteiger charge is -2.08. The van der Waals surface area contributed by atoms with Gasteiger partial charge in [0.15, 0.2) is 0 Å². The van der Waals surface area contributed by atoms with Gasteiger partial charge in [0.2, 0.25) is 5.91 Å². The SMILES string of the molecule is Cc1cc(NC(=O)C=Cc2ccc(OC(F)(F)F)cc2)ccc1F. The number of aryl methyl sites for hydroxylation is 1. The number of alkyl halides is 3. The molecule has 1 amide bonds. The van der Waals surface area contributed by atoms with Crippen LogP contribution in [0.1, 0.15) is 11.1 Å². The second-order valence-electron chi connectivity index (χ2n) is 4.90. The van der Waals surface area contributed by atoms with Crippen LogP contribution >= 0.6 is 0 Å². The van der Waals surface area contributed by atoms with Crippen molar-refractivity contribution in [1.29, 1.82) is 0 Å². The zero-order valence-electron chi connectivity index (χ0n) is 12.5. The van der Waals surface area contributed by atoms with Crippen molar-refractivity contribution >= 4 is 17.7 Å². The van der Waals surface area contributed by atoms with Crippen LogP contribution in [0.5, 0.6) is 5.75 Å². The first-order valence-corrected chi connectivity index (χ1v) is 6.84. The summed E-state index contributed by atoms with van der Waals surface area (Å²) in [6.45, 7) is 1.57. The van der Waals surface area contributed by atoms with Crippen molar-refractivity contribution in [2.45, 2.75) is 13.3 Å². The molecular weight excluding hydrogens is 326 g/mol. The van der Waals surface area contributed by atoms with E-state index in [2.05, 4.69) is 10.1 Å². The summed E-state index contributed by atoms with van der Waals surface area (Å²) < 4.78 is 53.0. The third-order valence-corrected chi connectivity index (χ3v) is 2.97. The Balaban J connectivity index is 1.97. The van der Waals surface area contributed by atoms with Crippen molar-refractivity contribution in [1.82, 2.24) is 0 Å². The number of benzene rings is 2. The Morgan fingerprint density at radius 3 is 2.38 bits per heavy atom. The van der Waals surface area contributed by atoms with Crippen LogP contribution in [-0.4, -0.2) is 12.3 Å². The quantitative estimate of drug-likeness (QED) is 0.648. The molecular formula is C17H13F4NO2. The predicted octanol–water partition coefficient (Wildman–Crippen LogP) is 4.68. The molecule has 126 valence electrons. The van der Waals surface area contributed by atoms with Crippen LogP contribution in [0.15, 0.2) is 48.5 Å². The maximum Gasteiger partial charge on any atom is 0.573 e. The Hall–Kier alpha value is -2.83. The zero-order chi connectivity index (χ0) is 17.7. The Bertz CT molecular complexity index is 752. The van der Waals surface area contributed by atoms with Gasteiger partial charge in [-0.05, 0) is 54.5 Å². The van der Waals surface area contributed by atoms with E-state index in [0.29, 0.717) is 16.8 Å². The number of rotatable bonds is 4. The monoisotopic (exact) mass is 339 g/mol. The van der Waals surface area contributed by atoms with Crippen LogP contribution in [0.4, 0.5) is 23.2 Å². The minimum Gasteiger partial charge on any atom is -0.406 e. The van der Waals surface area contributed by atoms with E-state index in [1.54, 1.807) is 6.92 Å². The Kier molecular flexibility index (Phi) is 5.23. The number of ether oxygens (including phenoxy) is 1. The first-order chi connectivity index (χ1) is 11.2. The maximum atomic E-state index is 13.1. The highest BCUT2D eigenvalue weighted by Crippen LogP contribution is 2.23. The van der Waals surface area contributed by atoms with Crippen molar-refractivity contribution in [3.8, 4) is 5.75 Å². The number of hydrogen-bond donors (Lipinski definition) is 1. The van der Waals surface area contributed by atoms with Crippen LogP contribution in [0.3, 0.4) is 0 Å². The Morgan fingerprint density at radius 1 is 1.12 bits per heavy atom. The van der Waals surface area contributed by atoms with E-state index in [4.69, 9.17) is 0 Å². The number of hydrogen-bond acceptors (Lipinski definition) is 2. The number of amides is 1. The highest BCUT2D eigenvalue weighted by atomic mass is 19.4. The average Bonchev–Trinajstić information content (AvgIpc) is 2.49. The topological polar surface area (TPSA) is 38.3 Å². The standard InChI is InChI=1S/C17H13F4NO2/c1-11-10-13(5-8-15(11)18)22-16(23)9-4-12-2-6-14(7-3-12)24-17(19,20)21/h2-10H,1H3,(H,22,23). The molecule has 2 rings (SSSR count). The van der Waals surface area contributed by atoms with Crippen LogP contribution in [0.2, 0.25) is 0 Å². The molecule has 0 spiro atoms. The van der Waals surface area contributed by atoms with Gasteiger partial charge in [-0.15, -0.1) is 13.2 Å². The fourth-order valence-corrected chi connectivity index (χ4v) is 1.86. The van der Waals surface area contributed by atoms with Gasteiger partial charge < -0.3 is 10.1 Å². The van der Waals surface area contributed by atoms with E-state index in [0.717, 1.165) is 12.1 Å². The maximum absolute atomic E-state index is 13.1. The summed E-state index contributed by atoms with van der Waals surface area (Å²) >= 11 is 0. The fraction of sp³-hybridized carbons (Fsp3) is 0.118. The van der Waals surface area contributed by atoms with Gasteiger partial charge in [0, 0.05) is 11.8 Å². The molecule has 2 aromatic carbocycles. The lowest BCUT2D eigenvalue weighted by molar-refractivity contribution is -0.274. The largest absolute Gasteiger partial charge is 0.573 e. The van der Waals surface area contributed by atoms with E-state index < -0.39 is 12.3 Å². The van der Waals surface area contributed by atoms with Gasteiger partial charge in [0.1, 0.15) is 11.6 Å². The highest BCUT2D eigenvalue weighted by Gasteiger charge is 2.30. The molecule has 1 N–H and O–H groups in total.